The van der Waals surface area contributed by atoms with Crippen molar-refractivity contribution >= 4 is 11.0 Å². The van der Waals surface area contributed by atoms with Crippen molar-refractivity contribution in [1.82, 2.24) is 0 Å². The number of rotatable bonds is 2. The minimum absolute atomic E-state index is 0.384. The second kappa shape index (κ2) is 5.60. The van der Waals surface area contributed by atoms with Crippen LogP contribution in [0.4, 0.5) is 0 Å². The third kappa shape index (κ3) is 2.29. The van der Waals surface area contributed by atoms with E-state index in [1.165, 1.54) is 0 Å². The van der Waals surface area contributed by atoms with E-state index in [1.807, 2.05) is 37.3 Å². The van der Waals surface area contributed by atoms with Gasteiger partial charge in [0.25, 0.3) is 0 Å². The number of aryl methyl sites for hydroxylation is 1. The van der Waals surface area contributed by atoms with Crippen molar-refractivity contribution in [1.29, 1.82) is 0 Å². The lowest BCUT2D eigenvalue weighted by Crippen LogP contribution is -2.15. The number of hydrogen-bond acceptors (Lipinski definition) is 5. The predicted octanol–water partition coefficient (Wildman–Crippen LogP) is 3.55. The quantitative estimate of drug-likeness (QED) is 0.675. The summed E-state index contributed by atoms with van der Waals surface area (Å²) in [5.41, 5.74) is 2.27. The Morgan fingerprint density at radius 3 is 2.58 bits per heavy atom. The Morgan fingerprint density at radius 1 is 1.00 bits per heavy atom. The van der Waals surface area contributed by atoms with Crippen LogP contribution < -0.4 is 19.8 Å². The summed E-state index contributed by atoms with van der Waals surface area (Å²) < 4.78 is 21.8. The number of hydrogen-bond donors (Lipinski definition) is 0. The summed E-state index contributed by atoms with van der Waals surface area (Å²) in [6.07, 6.45) is 0. The zero-order valence-electron chi connectivity index (χ0n) is 13.4. The van der Waals surface area contributed by atoms with Gasteiger partial charge in [0.15, 0.2) is 11.5 Å². The average Bonchev–Trinajstić information content (AvgIpc) is 2.61. The van der Waals surface area contributed by atoms with Crippen LogP contribution in [0.25, 0.3) is 22.1 Å². The van der Waals surface area contributed by atoms with Gasteiger partial charge >= 0.3 is 5.63 Å². The third-order valence-corrected chi connectivity index (χ3v) is 4.21. The summed E-state index contributed by atoms with van der Waals surface area (Å²) in [7, 11) is 1.58. The van der Waals surface area contributed by atoms with E-state index in [-0.39, 0.29) is 5.63 Å². The molecule has 0 N–H and O–H groups in total. The number of benzene rings is 2. The Bertz CT molecular complexity index is 987. The first kappa shape index (κ1) is 14.6. The molecule has 0 aliphatic carbocycles. The van der Waals surface area contributed by atoms with Crippen LogP contribution in [-0.4, -0.2) is 20.3 Å². The third-order valence-electron chi connectivity index (χ3n) is 4.21. The topological polar surface area (TPSA) is 57.9 Å². The monoisotopic (exact) mass is 324 g/mol. The normalized spacial score (nSPS) is 13.1. The van der Waals surface area contributed by atoms with Crippen molar-refractivity contribution in [2.45, 2.75) is 6.92 Å². The van der Waals surface area contributed by atoms with Gasteiger partial charge < -0.3 is 18.6 Å². The van der Waals surface area contributed by atoms with Gasteiger partial charge in [-0.2, -0.15) is 0 Å². The Kier molecular flexibility index (Phi) is 3.41. The van der Waals surface area contributed by atoms with E-state index in [4.69, 9.17) is 18.6 Å². The van der Waals surface area contributed by atoms with Crippen molar-refractivity contribution in [3.05, 3.63) is 52.4 Å². The van der Waals surface area contributed by atoms with Crippen LogP contribution in [0.3, 0.4) is 0 Å². The van der Waals surface area contributed by atoms with Crippen LogP contribution >= 0.6 is 0 Å². The standard InChI is InChI=1S/C19H16O5/c1-11-14-5-4-13(21-2)10-16(14)24-19(20)18(11)12-3-6-15-17(9-12)23-8-7-22-15/h3-6,9-10H,7-8H2,1-2H3. The Hall–Kier alpha value is -2.95. The minimum atomic E-state index is -0.384. The second-order valence-electron chi connectivity index (χ2n) is 5.61. The SMILES string of the molecule is COc1ccc2c(C)c(-c3ccc4c(c3)OCCO4)c(=O)oc2c1. The van der Waals surface area contributed by atoms with Crippen molar-refractivity contribution in [3.8, 4) is 28.4 Å². The summed E-state index contributed by atoms with van der Waals surface area (Å²) in [6.45, 7) is 2.95. The molecule has 1 aliphatic rings. The van der Waals surface area contributed by atoms with Crippen LogP contribution in [0.5, 0.6) is 17.2 Å². The average molecular weight is 324 g/mol. The molecule has 4 rings (SSSR count). The van der Waals surface area contributed by atoms with Crippen LogP contribution in [0.15, 0.2) is 45.6 Å². The Morgan fingerprint density at radius 2 is 1.79 bits per heavy atom. The maximum Gasteiger partial charge on any atom is 0.344 e. The highest BCUT2D eigenvalue weighted by molar-refractivity contribution is 5.87. The lowest BCUT2D eigenvalue weighted by molar-refractivity contribution is 0.171. The van der Waals surface area contributed by atoms with Crippen molar-refractivity contribution < 1.29 is 18.6 Å². The van der Waals surface area contributed by atoms with Gasteiger partial charge in [-0.1, -0.05) is 6.07 Å². The summed E-state index contributed by atoms with van der Waals surface area (Å²) in [5, 5.41) is 0.875. The molecule has 122 valence electrons. The van der Waals surface area contributed by atoms with Gasteiger partial charge in [-0.25, -0.2) is 4.79 Å². The molecule has 1 aliphatic heterocycles. The highest BCUT2D eigenvalue weighted by atomic mass is 16.6. The zero-order valence-corrected chi connectivity index (χ0v) is 13.4. The van der Waals surface area contributed by atoms with Gasteiger partial charge in [-0.15, -0.1) is 0 Å². The molecule has 0 radical (unpaired) electrons. The zero-order chi connectivity index (χ0) is 16.7. The molecule has 24 heavy (non-hydrogen) atoms. The van der Waals surface area contributed by atoms with Gasteiger partial charge in [-0.3, -0.25) is 0 Å². The molecule has 0 saturated heterocycles. The molecule has 2 aromatic carbocycles. The van der Waals surface area contributed by atoms with E-state index >= 15 is 0 Å². The van der Waals surface area contributed by atoms with Gasteiger partial charge in [-0.05, 0) is 42.3 Å². The van der Waals surface area contributed by atoms with Gasteiger partial charge in [0.2, 0.25) is 0 Å². The molecule has 5 heteroatoms. The van der Waals surface area contributed by atoms with Gasteiger partial charge in [0.1, 0.15) is 24.5 Å². The van der Waals surface area contributed by atoms with Gasteiger partial charge in [0, 0.05) is 11.5 Å². The van der Waals surface area contributed by atoms with Crippen LogP contribution in [0.1, 0.15) is 5.56 Å². The van der Waals surface area contributed by atoms with E-state index in [0.29, 0.717) is 41.6 Å². The molecule has 0 spiro atoms. The summed E-state index contributed by atoms with van der Waals surface area (Å²) in [4.78, 5) is 12.5. The molecule has 0 saturated carbocycles. The van der Waals surface area contributed by atoms with E-state index in [0.717, 1.165) is 16.5 Å². The smallest absolute Gasteiger partial charge is 0.344 e. The van der Waals surface area contributed by atoms with E-state index in [2.05, 4.69) is 0 Å². The molecule has 0 amide bonds. The predicted molar refractivity (Wildman–Crippen MR) is 90.2 cm³/mol. The van der Waals surface area contributed by atoms with Crippen LogP contribution in [-0.2, 0) is 0 Å². The van der Waals surface area contributed by atoms with Gasteiger partial charge in [0.05, 0.1) is 12.7 Å². The van der Waals surface area contributed by atoms with Crippen LogP contribution in [0.2, 0.25) is 0 Å². The summed E-state index contributed by atoms with van der Waals surface area (Å²) in [6, 6.07) is 11.0. The lowest BCUT2D eigenvalue weighted by Gasteiger charge is -2.19. The largest absolute Gasteiger partial charge is 0.497 e. The molecular weight excluding hydrogens is 308 g/mol. The van der Waals surface area contributed by atoms with Crippen LogP contribution in [0, 0.1) is 6.92 Å². The first-order chi connectivity index (χ1) is 11.7. The summed E-state index contributed by atoms with van der Waals surface area (Å²) >= 11 is 0. The number of ether oxygens (including phenoxy) is 3. The first-order valence-corrected chi connectivity index (χ1v) is 7.69. The summed E-state index contributed by atoms with van der Waals surface area (Å²) in [5.74, 6) is 1.99. The fourth-order valence-corrected chi connectivity index (χ4v) is 3.00. The maximum atomic E-state index is 12.5. The van der Waals surface area contributed by atoms with Crippen molar-refractivity contribution in [2.75, 3.05) is 20.3 Å². The van der Waals surface area contributed by atoms with Crippen molar-refractivity contribution in [2.24, 2.45) is 0 Å². The second-order valence-corrected chi connectivity index (χ2v) is 5.61. The fourth-order valence-electron chi connectivity index (χ4n) is 3.00. The number of methoxy groups -OCH3 is 1. The van der Waals surface area contributed by atoms with E-state index < -0.39 is 0 Å². The fraction of sp³-hybridized carbons (Fsp3) is 0.211. The molecule has 0 bridgehead atoms. The molecule has 0 fully saturated rings. The Balaban J connectivity index is 1.92. The molecule has 0 unspecified atom stereocenters. The minimum Gasteiger partial charge on any atom is -0.497 e. The molecule has 3 aromatic rings. The Labute approximate surface area is 138 Å². The van der Waals surface area contributed by atoms with E-state index in [9.17, 15) is 4.79 Å². The lowest BCUT2D eigenvalue weighted by atomic mass is 9.99. The highest BCUT2D eigenvalue weighted by Gasteiger charge is 2.17. The molecular formula is C19H16O5. The maximum absolute atomic E-state index is 12.5. The molecule has 5 nitrogen and oxygen atoms in total. The first-order valence-electron chi connectivity index (χ1n) is 7.69. The molecule has 2 heterocycles. The highest BCUT2D eigenvalue weighted by Crippen LogP contribution is 2.36. The molecule has 0 atom stereocenters. The number of fused-ring (bicyclic) bond motifs is 2. The van der Waals surface area contributed by atoms with Crippen molar-refractivity contribution in [3.63, 3.8) is 0 Å². The molecule has 1 aromatic heterocycles. The van der Waals surface area contributed by atoms with E-state index in [1.54, 1.807) is 13.2 Å².